The maximum Gasteiger partial charge on any atom is 0.163 e. The number of hydrogen-bond donors (Lipinski definition) is 1. The van der Waals surface area contributed by atoms with Crippen LogP contribution in [0.5, 0.6) is 5.75 Å². The van der Waals surface area contributed by atoms with Crippen molar-refractivity contribution in [2.24, 2.45) is 0 Å². The van der Waals surface area contributed by atoms with Gasteiger partial charge in [-0.3, -0.25) is 4.79 Å². The van der Waals surface area contributed by atoms with Gasteiger partial charge in [0.2, 0.25) is 0 Å². The molecule has 2 N–H and O–H groups in total. The highest BCUT2D eigenvalue weighted by molar-refractivity contribution is 9.10. The molecule has 21 heavy (non-hydrogen) atoms. The van der Waals surface area contributed by atoms with Gasteiger partial charge in [0.1, 0.15) is 12.4 Å². The fourth-order valence-electron chi connectivity index (χ4n) is 1.83. The number of hydrogen-bond acceptors (Lipinski definition) is 3. The Bertz CT molecular complexity index is 704. The van der Waals surface area contributed by atoms with Crippen molar-refractivity contribution in [3.8, 4) is 5.75 Å². The van der Waals surface area contributed by atoms with E-state index in [2.05, 4.69) is 31.9 Å². The summed E-state index contributed by atoms with van der Waals surface area (Å²) in [5.41, 5.74) is 7.44. The summed E-state index contributed by atoms with van der Waals surface area (Å²) < 4.78 is 20.0. The SMILES string of the molecule is CC(=O)c1cc(Br)cc(N)c1OCc1ccc(F)cc1Br. The number of nitrogen functional groups attached to an aromatic ring is 1. The Hall–Kier alpha value is -1.40. The monoisotopic (exact) mass is 415 g/mol. The molecule has 6 heteroatoms. The zero-order chi connectivity index (χ0) is 15.6. The third kappa shape index (κ3) is 3.83. The predicted molar refractivity (Wildman–Crippen MR) is 87.0 cm³/mol. The molecule has 2 aromatic carbocycles. The van der Waals surface area contributed by atoms with E-state index in [0.29, 0.717) is 25.9 Å². The minimum atomic E-state index is -0.335. The summed E-state index contributed by atoms with van der Waals surface area (Å²) in [4.78, 5) is 11.7. The second kappa shape index (κ2) is 6.58. The molecule has 0 aromatic heterocycles. The maximum atomic E-state index is 13.0. The first-order valence-corrected chi connectivity index (χ1v) is 7.63. The van der Waals surface area contributed by atoms with Gasteiger partial charge in [-0.1, -0.05) is 37.9 Å². The zero-order valence-corrected chi connectivity index (χ0v) is 14.3. The molecule has 0 spiro atoms. The number of nitrogens with two attached hydrogens (primary N) is 1. The molecule has 0 aliphatic rings. The Morgan fingerprint density at radius 2 is 2.00 bits per heavy atom. The van der Waals surface area contributed by atoms with Crippen molar-refractivity contribution in [2.45, 2.75) is 13.5 Å². The second-order valence-electron chi connectivity index (χ2n) is 4.45. The average Bonchev–Trinajstić information content (AvgIpc) is 2.38. The Balaban J connectivity index is 2.29. The van der Waals surface area contributed by atoms with Crippen molar-refractivity contribution < 1.29 is 13.9 Å². The minimum Gasteiger partial charge on any atom is -0.486 e. The van der Waals surface area contributed by atoms with Crippen molar-refractivity contribution in [1.29, 1.82) is 0 Å². The molecule has 0 amide bonds. The Morgan fingerprint density at radius 3 is 2.62 bits per heavy atom. The number of rotatable bonds is 4. The number of carbonyl (C=O) groups is 1. The summed E-state index contributed by atoms with van der Waals surface area (Å²) in [6.07, 6.45) is 0. The van der Waals surface area contributed by atoms with Crippen molar-refractivity contribution in [3.05, 3.63) is 56.2 Å². The van der Waals surface area contributed by atoms with Crippen LogP contribution in [0.3, 0.4) is 0 Å². The number of halogens is 3. The molecule has 0 radical (unpaired) electrons. The van der Waals surface area contributed by atoms with Gasteiger partial charge in [-0.25, -0.2) is 4.39 Å². The van der Waals surface area contributed by atoms with E-state index in [1.165, 1.54) is 19.1 Å². The summed E-state index contributed by atoms with van der Waals surface area (Å²) >= 11 is 6.57. The first-order chi connectivity index (χ1) is 9.88. The number of anilines is 1. The van der Waals surface area contributed by atoms with Crippen LogP contribution < -0.4 is 10.5 Å². The smallest absolute Gasteiger partial charge is 0.163 e. The molecule has 0 unspecified atom stereocenters. The standard InChI is InChI=1S/C15H12Br2FNO2/c1-8(20)12-4-10(16)5-14(19)15(12)21-7-9-2-3-11(18)6-13(9)17/h2-6H,7,19H2,1H3. The number of carbonyl (C=O) groups excluding carboxylic acids is 1. The van der Waals surface area contributed by atoms with E-state index in [-0.39, 0.29) is 18.2 Å². The van der Waals surface area contributed by atoms with E-state index in [1.54, 1.807) is 18.2 Å². The lowest BCUT2D eigenvalue weighted by molar-refractivity contribution is 0.101. The van der Waals surface area contributed by atoms with E-state index in [1.807, 2.05) is 0 Å². The lowest BCUT2D eigenvalue weighted by Gasteiger charge is -2.14. The third-order valence-corrected chi connectivity index (χ3v) is 4.04. The van der Waals surface area contributed by atoms with E-state index < -0.39 is 0 Å². The van der Waals surface area contributed by atoms with E-state index in [9.17, 15) is 9.18 Å². The molecular formula is C15H12Br2FNO2. The van der Waals surface area contributed by atoms with Crippen molar-refractivity contribution in [1.82, 2.24) is 0 Å². The molecule has 0 saturated carbocycles. The fourth-order valence-corrected chi connectivity index (χ4v) is 2.77. The van der Waals surface area contributed by atoms with Crippen LogP contribution in [0, 0.1) is 5.82 Å². The molecule has 0 bridgehead atoms. The largest absolute Gasteiger partial charge is 0.486 e. The molecule has 2 rings (SSSR count). The number of Topliss-reactive ketones (excluding diaryl/α,β-unsaturated/α-hetero) is 1. The quantitative estimate of drug-likeness (QED) is 0.579. The van der Waals surface area contributed by atoms with E-state index in [0.717, 1.165) is 5.56 Å². The Morgan fingerprint density at radius 1 is 1.29 bits per heavy atom. The van der Waals surface area contributed by atoms with E-state index >= 15 is 0 Å². The lowest BCUT2D eigenvalue weighted by atomic mass is 10.1. The van der Waals surface area contributed by atoms with Gasteiger partial charge in [0, 0.05) is 14.5 Å². The van der Waals surface area contributed by atoms with Crippen LogP contribution in [0.4, 0.5) is 10.1 Å². The van der Waals surface area contributed by atoms with Gasteiger partial charge in [0.05, 0.1) is 11.3 Å². The van der Waals surface area contributed by atoms with Gasteiger partial charge < -0.3 is 10.5 Å². The first-order valence-electron chi connectivity index (χ1n) is 6.05. The van der Waals surface area contributed by atoms with Crippen LogP contribution in [0.1, 0.15) is 22.8 Å². The molecule has 3 nitrogen and oxygen atoms in total. The van der Waals surface area contributed by atoms with Crippen molar-refractivity contribution in [3.63, 3.8) is 0 Å². The molecule has 0 atom stereocenters. The Labute approximate surface area is 138 Å². The summed E-state index contributed by atoms with van der Waals surface area (Å²) in [5.74, 6) is -0.142. The van der Waals surface area contributed by atoms with Crippen molar-refractivity contribution in [2.75, 3.05) is 5.73 Å². The molecular weight excluding hydrogens is 405 g/mol. The van der Waals surface area contributed by atoms with Gasteiger partial charge in [0.15, 0.2) is 11.5 Å². The third-order valence-electron chi connectivity index (χ3n) is 2.85. The second-order valence-corrected chi connectivity index (χ2v) is 6.22. The summed E-state index contributed by atoms with van der Waals surface area (Å²) in [7, 11) is 0. The number of ether oxygens (including phenoxy) is 1. The van der Waals surface area contributed by atoms with Crippen LogP contribution in [0.15, 0.2) is 39.3 Å². The van der Waals surface area contributed by atoms with Gasteiger partial charge in [-0.05, 0) is 31.2 Å². The number of benzene rings is 2. The fraction of sp³-hybridized carbons (Fsp3) is 0.133. The van der Waals surface area contributed by atoms with Crippen LogP contribution in [0.25, 0.3) is 0 Å². The van der Waals surface area contributed by atoms with Crippen LogP contribution in [0.2, 0.25) is 0 Å². The normalized spacial score (nSPS) is 10.5. The highest BCUT2D eigenvalue weighted by Gasteiger charge is 2.14. The molecule has 0 heterocycles. The van der Waals surface area contributed by atoms with Crippen molar-refractivity contribution >= 4 is 43.3 Å². The molecule has 2 aromatic rings. The minimum absolute atomic E-state index is 0.142. The zero-order valence-electron chi connectivity index (χ0n) is 11.1. The summed E-state index contributed by atoms with van der Waals surface area (Å²) in [6.45, 7) is 1.62. The molecule has 0 saturated heterocycles. The van der Waals surface area contributed by atoms with Gasteiger partial charge in [-0.15, -0.1) is 0 Å². The van der Waals surface area contributed by atoms with Gasteiger partial charge in [0.25, 0.3) is 0 Å². The summed E-state index contributed by atoms with van der Waals surface area (Å²) in [6, 6.07) is 7.65. The first kappa shape index (κ1) is 16.0. The van der Waals surface area contributed by atoms with E-state index in [4.69, 9.17) is 10.5 Å². The van der Waals surface area contributed by atoms with Gasteiger partial charge in [-0.2, -0.15) is 0 Å². The maximum absolute atomic E-state index is 13.0. The van der Waals surface area contributed by atoms with Crippen LogP contribution in [-0.2, 0) is 6.61 Å². The number of ketones is 1. The Kier molecular flexibility index (Phi) is 5.00. The molecule has 0 aliphatic heterocycles. The van der Waals surface area contributed by atoms with Crippen LogP contribution in [-0.4, -0.2) is 5.78 Å². The lowest BCUT2D eigenvalue weighted by Crippen LogP contribution is -2.05. The summed E-state index contributed by atoms with van der Waals surface area (Å²) in [5, 5.41) is 0. The molecule has 0 fully saturated rings. The highest BCUT2D eigenvalue weighted by atomic mass is 79.9. The van der Waals surface area contributed by atoms with Gasteiger partial charge >= 0.3 is 0 Å². The molecule has 110 valence electrons. The van der Waals surface area contributed by atoms with Crippen LogP contribution >= 0.6 is 31.9 Å². The highest BCUT2D eigenvalue weighted by Crippen LogP contribution is 2.32. The predicted octanol–water partition coefficient (Wildman–Crippen LogP) is 4.71. The molecule has 0 aliphatic carbocycles. The topological polar surface area (TPSA) is 52.3 Å². The average molecular weight is 417 g/mol.